The van der Waals surface area contributed by atoms with Crippen LogP contribution in [0.5, 0.6) is 0 Å². The average Bonchev–Trinajstić information content (AvgIpc) is 2.52. The standard InChI is InChI=1S/C15H24N2O3S/c1-16-10-9-13-5-7-15(8-6-13)21(18,19)17-12-14-4-2-3-11-20-14/h5-8,14,16-17H,2-4,9-12H2,1H3. The van der Waals surface area contributed by atoms with Crippen LogP contribution >= 0.6 is 0 Å². The Morgan fingerprint density at radius 2 is 2.00 bits per heavy atom. The Labute approximate surface area is 127 Å². The van der Waals surface area contributed by atoms with Crippen molar-refractivity contribution in [3.8, 4) is 0 Å². The van der Waals surface area contributed by atoms with Gasteiger partial charge in [-0.1, -0.05) is 12.1 Å². The molecule has 2 rings (SSSR count). The van der Waals surface area contributed by atoms with Crippen molar-refractivity contribution in [2.45, 2.75) is 36.7 Å². The predicted octanol–water partition coefficient (Wildman–Crippen LogP) is 1.30. The van der Waals surface area contributed by atoms with E-state index in [1.165, 1.54) is 0 Å². The van der Waals surface area contributed by atoms with Crippen LogP contribution in [0, 0.1) is 0 Å². The number of sulfonamides is 1. The molecule has 1 atom stereocenters. The highest BCUT2D eigenvalue weighted by atomic mass is 32.2. The van der Waals surface area contributed by atoms with E-state index in [4.69, 9.17) is 4.74 Å². The molecule has 0 radical (unpaired) electrons. The van der Waals surface area contributed by atoms with E-state index in [9.17, 15) is 8.42 Å². The van der Waals surface area contributed by atoms with E-state index in [0.717, 1.165) is 44.4 Å². The minimum Gasteiger partial charge on any atom is -0.377 e. The molecule has 0 amide bonds. The molecule has 21 heavy (non-hydrogen) atoms. The van der Waals surface area contributed by atoms with Crippen molar-refractivity contribution >= 4 is 10.0 Å². The number of ether oxygens (including phenoxy) is 1. The smallest absolute Gasteiger partial charge is 0.240 e. The lowest BCUT2D eigenvalue weighted by Gasteiger charge is -2.22. The summed E-state index contributed by atoms with van der Waals surface area (Å²) in [5.41, 5.74) is 1.12. The summed E-state index contributed by atoms with van der Waals surface area (Å²) in [5.74, 6) is 0. The van der Waals surface area contributed by atoms with E-state index < -0.39 is 10.0 Å². The molecule has 118 valence electrons. The van der Waals surface area contributed by atoms with Gasteiger partial charge in [0.15, 0.2) is 0 Å². The van der Waals surface area contributed by atoms with Gasteiger partial charge >= 0.3 is 0 Å². The van der Waals surface area contributed by atoms with E-state index in [1.54, 1.807) is 12.1 Å². The van der Waals surface area contributed by atoms with Gasteiger partial charge in [-0.05, 0) is 57.0 Å². The van der Waals surface area contributed by atoms with Gasteiger partial charge in [0.05, 0.1) is 11.0 Å². The van der Waals surface area contributed by atoms with Crippen molar-refractivity contribution in [1.82, 2.24) is 10.0 Å². The summed E-state index contributed by atoms with van der Waals surface area (Å²) < 4.78 is 32.6. The molecule has 0 bridgehead atoms. The number of hydrogen-bond acceptors (Lipinski definition) is 4. The van der Waals surface area contributed by atoms with Crippen LogP contribution in [0.3, 0.4) is 0 Å². The maximum atomic E-state index is 12.2. The minimum atomic E-state index is -3.44. The second kappa shape index (κ2) is 7.89. The van der Waals surface area contributed by atoms with Crippen molar-refractivity contribution in [3.63, 3.8) is 0 Å². The van der Waals surface area contributed by atoms with Crippen LogP contribution in [0.1, 0.15) is 24.8 Å². The maximum Gasteiger partial charge on any atom is 0.240 e. The molecular weight excluding hydrogens is 288 g/mol. The van der Waals surface area contributed by atoms with Gasteiger partial charge in [-0.2, -0.15) is 0 Å². The minimum absolute atomic E-state index is 0.00317. The Morgan fingerprint density at radius 3 is 2.62 bits per heavy atom. The van der Waals surface area contributed by atoms with E-state index in [-0.39, 0.29) is 6.10 Å². The lowest BCUT2D eigenvalue weighted by atomic mass is 10.1. The first kappa shape index (κ1) is 16.4. The number of benzene rings is 1. The monoisotopic (exact) mass is 312 g/mol. The molecule has 0 spiro atoms. The van der Waals surface area contributed by atoms with Crippen LogP contribution in [-0.4, -0.2) is 41.3 Å². The van der Waals surface area contributed by atoms with Crippen molar-refractivity contribution in [1.29, 1.82) is 0 Å². The Kier molecular flexibility index (Phi) is 6.17. The summed E-state index contributed by atoms with van der Waals surface area (Å²) >= 11 is 0. The molecule has 5 nitrogen and oxygen atoms in total. The predicted molar refractivity (Wildman–Crippen MR) is 82.9 cm³/mol. The largest absolute Gasteiger partial charge is 0.377 e. The van der Waals surface area contributed by atoms with Crippen LogP contribution in [0.2, 0.25) is 0 Å². The van der Waals surface area contributed by atoms with E-state index in [1.807, 2.05) is 19.2 Å². The summed E-state index contributed by atoms with van der Waals surface area (Å²) in [6.07, 6.45) is 3.98. The highest BCUT2D eigenvalue weighted by Crippen LogP contribution is 2.14. The second-order valence-corrected chi connectivity index (χ2v) is 7.10. The molecule has 1 unspecified atom stereocenters. The van der Waals surface area contributed by atoms with Gasteiger partial charge in [0, 0.05) is 13.2 Å². The third kappa shape index (κ3) is 5.07. The van der Waals surface area contributed by atoms with Crippen LogP contribution in [0.4, 0.5) is 0 Å². The Morgan fingerprint density at radius 1 is 1.24 bits per heavy atom. The SMILES string of the molecule is CNCCc1ccc(S(=O)(=O)NCC2CCCCO2)cc1. The zero-order valence-corrected chi connectivity index (χ0v) is 13.3. The lowest BCUT2D eigenvalue weighted by molar-refractivity contribution is 0.0200. The third-order valence-electron chi connectivity index (χ3n) is 3.67. The molecule has 6 heteroatoms. The molecular formula is C15H24N2O3S. The summed E-state index contributed by atoms with van der Waals surface area (Å²) in [5, 5.41) is 3.07. The van der Waals surface area contributed by atoms with Crippen molar-refractivity contribution in [3.05, 3.63) is 29.8 Å². The fraction of sp³-hybridized carbons (Fsp3) is 0.600. The second-order valence-electron chi connectivity index (χ2n) is 5.34. The van der Waals surface area contributed by atoms with Crippen LogP contribution in [0.25, 0.3) is 0 Å². The van der Waals surface area contributed by atoms with Crippen molar-refractivity contribution < 1.29 is 13.2 Å². The van der Waals surface area contributed by atoms with Gasteiger partial charge in [0.2, 0.25) is 10.0 Å². The molecule has 1 aliphatic heterocycles. The van der Waals surface area contributed by atoms with Crippen LogP contribution < -0.4 is 10.0 Å². The quantitative estimate of drug-likeness (QED) is 0.796. The van der Waals surface area contributed by atoms with Gasteiger partial charge < -0.3 is 10.1 Å². The van der Waals surface area contributed by atoms with Gasteiger partial charge in [-0.3, -0.25) is 0 Å². The molecule has 1 saturated heterocycles. The Hall–Kier alpha value is -0.950. The molecule has 1 aromatic carbocycles. The first-order chi connectivity index (χ1) is 10.1. The van der Waals surface area contributed by atoms with Gasteiger partial charge in [-0.15, -0.1) is 0 Å². The van der Waals surface area contributed by atoms with E-state index >= 15 is 0 Å². The van der Waals surface area contributed by atoms with Gasteiger partial charge in [-0.25, -0.2) is 13.1 Å². The average molecular weight is 312 g/mol. The van der Waals surface area contributed by atoms with Gasteiger partial charge in [0.1, 0.15) is 0 Å². The summed E-state index contributed by atoms with van der Waals surface area (Å²) in [4.78, 5) is 0.312. The van der Waals surface area contributed by atoms with Gasteiger partial charge in [0.25, 0.3) is 0 Å². The van der Waals surface area contributed by atoms with Crippen molar-refractivity contribution in [2.75, 3.05) is 26.7 Å². The molecule has 1 aromatic rings. The highest BCUT2D eigenvalue weighted by Gasteiger charge is 2.19. The summed E-state index contributed by atoms with van der Waals surface area (Å²) in [6, 6.07) is 7.05. The molecule has 1 aliphatic rings. The molecule has 0 aliphatic carbocycles. The van der Waals surface area contributed by atoms with Crippen LogP contribution in [-0.2, 0) is 21.2 Å². The van der Waals surface area contributed by atoms with Crippen LogP contribution in [0.15, 0.2) is 29.2 Å². The molecule has 2 N–H and O–H groups in total. The number of nitrogens with one attached hydrogen (secondary N) is 2. The molecule has 1 fully saturated rings. The lowest BCUT2D eigenvalue weighted by Crippen LogP contribution is -2.35. The third-order valence-corrected chi connectivity index (χ3v) is 5.11. The highest BCUT2D eigenvalue weighted by molar-refractivity contribution is 7.89. The number of rotatable bonds is 7. The van der Waals surface area contributed by atoms with Crippen molar-refractivity contribution in [2.24, 2.45) is 0 Å². The number of likely N-dealkylation sites (N-methyl/N-ethyl adjacent to an activating group) is 1. The topological polar surface area (TPSA) is 67.4 Å². The van der Waals surface area contributed by atoms with E-state index in [2.05, 4.69) is 10.0 Å². The molecule has 1 heterocycles. The first-order valence-electron chi connectivity index (χ1n) is 7.46. The first-order valence-corrected chi connectivity index (χ1v) is 8.95. The molecule has 0 aromatic heterocycles. The fourth-order valence-corrected chi connectivity index (χ4v) is 3.43. The zero-order chi connectivity index (χ0) is 15.1. The van der Waals surface area contributed by atoms with E-state index in [0.29, 0.717) is 11.4 Å². The fourth-order valence-electron chi connectivity index (χ4n) is 2.36. The number of hydrogen-bond donors (Lipinski definition) is 2. The Balaban J connectivity index is 1.91. The molecule has 0 saturated carbocycles. The normalized spacial score (nSPS) is 19.6. The zero-order valence-electron chi connectivity index (χ0n) is 12.5. The maximum absolute atomic E-state index is 12.2. The summed E-state index contributed by atoms with van der Waals surface area (Å²) in [6.45, 7) is 1.96. The summed E-state index contributed by atoms with van der Waals surface area (Å²) in [7, 11) is -1.54. The Bertz CT molecular complexity index is 522.